The van der Waals surface area contributed by atoms with Gasteiger partial charge in [0.05, 0.1) is 11.7 Å². The normalized spacial score (nSPS) is 24.3. The third kappa shape index (κ3) is 3.35. The van der Waals surface area contributed by atoms with Crippen LogP contribution in [0.5, 0.6) is 0 Å². The molecule has 0 spiro atoms. The summed E-state index contributed by atoms with van der Waals surface area (Å²) in [6.07, 6.45) is -1.01. The van der Waals surface area contributed by atoms with Crippen LogP contribution in [0.1, 0.15) is 30.1 Å². The third-order valence-corrected chi connectivity index (χ3v) is 4.41. The topological polar surface area (TPSA) is 75.9 Å². The Labute approximate surface area is 136 Å². The molecule has 0 bridgehead atoms. The molecule has 0 aliphatic heterocycles. The molecule has 1 saturated carbocycles. The number of pyridine rings is 1. The molecule has 130 valence electrons. The van der Waals surface area contributed by atoms with Crippen LogP contribution in [0.25, 0.3) is 0 Å². The number of hydrogen-bond donors (Lipinski definition) is 2. The van der Waals surface area contributed by atoms with Crippen molar-refractivity contribution in [3.05, 3.63) is 36.0 Å². The number of halogens is 3. The maximum atomic E-state index is 13.0. The van der Waals surface area contributed by atoms with E-state index in [4.69, 9.17) is 0 Å². The highest BCUT2D eigenvalue weighted by molar-refractivity contribution is 5.45. The molecule has 2 N–H and O–H groups in total. The zero-order chi connectivity index (χ0) is 17.3. The number of rotatable bonds is 4. The van der Waals surface area contributed by atoms with Gasteiger partial charge in [0.15, 0.2) is 0 Å². The van der Waals surface area contributed by atoms with Gasteiger partial charge in [-0.25, -0.2) is 4.98 Å². The van der Waals surface area contributed by atoms with Crippen LogP contribution < -0.4 is 5.32 Å². The van der Waals surface area contributed by atoms with E-state index in [2.05, 4.69) is 20.5 Å². The molecule has 2 aromatic rings. The minimum atomic E-state index is -4.47. The van der Waals surface area contributed by atoms with E-state index in [9.17, 15) is 18.3 Å². The minimum Gasteiger partial charge on any atom is -0.393 e. The van der Waals surface area contributed by atoms with Crippen molar-refractivity contribution < 1.29 is 18.3 Å². The largest absolute Gasteiger partial charge is 0.419 e. The van der Waals surface area contributed by atoms with E-state index in [0.717, 1.165) is 11.9 Å². The summed E-state index contributed by atoms with van der Waals surface area (Å²) in [5.41, 5.74) is -0.803. The number of nitrogens with zero attached hydrogens (tertiary/aromatic N) is 4. The van der Waals surface area contributed by atoms with Crippen LogP contribution in [-0.2, 0) is 13.2 Å². The van der Waals surface area contributed by atoms with E-state index in [1.807, 2.05) is 7.05 Å². The number of anilines is 1. The second-order valence-electron chi connectivity index (χ2n) is 6.07. The summed E-state index contributed by atoms with van der Waals surface area (Å²) in [5, 5.41) is 20.8. The Balaban J connectivity index is 1.67. The molecule has 0 aromatic carbocycles. The molecule has 3 rings (SSSR count). The summed E-state index contributed by atoms with van der Waals surface area (Å²) < 4.78 is 40.7. The van der Waals surface area contributed by atoms with Crippen molar-refractivity contribution >= 4 is 5.82 Å². The lowest BCUT2D eigenvalue weighted by molar-refractivity contribution is -0.137. The molecule has 1 aliphatic rings. The maximum Gasteiger partial charge on any atom is 0.419 e. The standard InChI is InChI=1S/C15H18F3N5O/c1-23-8-21-22-14(23)9-5-10(12(24)6-9)7-20-13-11(15(16,17)18)3-2-4-19-13/h2-4,8-10,12,24H,5-7H2,1H3,(H,19,20)/t9-,10+,12+/m0/s1. The Morgan fingerprint density at radius 2 is 2.17 bits per heavy atom. The zero-order valence-corrected chi connectivity index (χ0v) is 13.0. The molecule has 9 heteroatoms. The average molecular weight is 341 g/mol. The van der Waals surface area contributed by atoms with Gasteiger partial charge in [0, 0.05) is 31.6 Å². The third-order valence-electron chi connectivity index (χ3n) is 4.41. The fraction of sp³-hybridized carbons (Fsp3) is 0.533. The van der Waals surface area contributed by atoms with Crippen LogP contribution in [0.4, 0.5) is 19.0 Å². The van der Waals surface area contributed by atoms with Crippen molar-refractivity contribution in [2.45, 2.75) is 31.0 Å². The van der Waals surface area contributed by atoms with Gasteiger partial charge in [-0.05, 0) is 25.0 Å². The predicted octanol–water partition coefficient (Wildman–Crippen LogP) is 2.20. The Hall–Kier alpha value is -2.16. The predicted molar refractivity (Wildman–Crippen MR) is 80.2 cm³/mol. The van der Waals surface area contributed by atoms with Crippen molar-refractivity contribution in [3.63, 3.8) is 0 Å². The molecule has 0 amide bonds. The first kappa shape index (κ1) is 16.7. The van der Waals surface area contributed by atoms with Gasteiger partial charge in [-0.2, -0.15) is 13.2 Å². The fourth-order valence-corrected chi connectivity index (χ4v) is 3.20. The summed E-state index contributed by atoms with van der Waals surface area (Å²) in [5.74, 6) is 0.449. The quantitative estimate of drug-likeness (QED) is 0.892. The molecule has 1 fully saturated rings. The Morgan fingerprint density at radius 1 is 1.38 bits per heavy atom. The summed E-state index contributed by atoms with van der Waals surface area (Å²) in [7, 11) is 1.83. The fourth-order valence-electron chi connectivity index (χ4n) is 3.20. The van der Waals surface area contributed by atoms with Crippen LogP contribution in [0.3, 0.4) is 0 Å². The van der Waals surface area contributed by atoms with Crippen molar-refractivity contribution in [3.8, 4) is 0 Å². The van der Waals surface area contributed by atoms with Gasteiger partial charge in [0.25, 0.3) is 0 Å². The summed E-state index contributed by atoms with van der Waals surface area (Å²) in [4.78, 5) is 3.77. The van der Waals surface area contributed by atoms with Crippen molar-refractivity contribution in [2.24, 2.45) is 13.0 Å². The lowest BCUT2D eigenvalue weighted by Gasteiger charge is -2.18. The van der Waals surface area contributed by atoms with Gasteiger partial charge in [0.2, 0.25) is 0 Å². The summed E-state index contributed by atoms with van der Waals surface area (Å²) >= 11 is 0. The average Bonchev–Trinajstić information content (AvgIpc) is 3.10. The number of alkyl halides is 3. The number of aliphatic hydroxyl groups is 1. The van der Waals surface area contributed by atoms with Crippen LogP contribution >= 0.6 is 0 Å². The van der Waals surface area contributed by atoms with E-state index in [1.165, 1.54) is 12.3 Å². The number of aromatic nitrogens is 4. The molecule has 24 heavy (non-hydrogen) atoms. The summed E-state index contributed by atoms with van der Waals surface area (Å²) in [6, 6.07) is 2.24. The highest BCUT2D eigenvalue weighted by atomic mass is 19.4. The zero-order valence-electron chi connectivity index (χ0n) is 13.0. The van der Waals surface area contributed by atoms with Crippen molar-refractivity contribution in [1.29, 1.82) is 0 Å². The van der Waals surface area contributed by atoms with E-state index < -0.39 is 17.8 Å². The molecule has 1 aliphatic carbocycles. The molecule has 2 aromatic heterocycles. The Morgan fingerprint density at radius 3 is 2.83 bits per heavy atom. The van der Waals surface area contributed by atoms with Crippen LogP contribution in [0, 0.1) is 5.92 Å². The van der Waals surface area contributed by atoms with Gasteiger partial charge in [-0.15, -0.1) is 10.2 Å². The molecular weight excluding hydrogens is 323 g/mol. The summed E-state index contributed by atoms with van der Waals surface area (Å²) in [6.45, 7) is 0.218. The van der Waals surface area contributed by atoms with Gasteiger partial charge in [0.1, 0.15) is 18.0 Å². The minimum absolute atomic E-state index is 0.0464. The maximum absolute atomic E-state index is 13.0. The van der Waals surface area contributed by atoms with Gasteiger partial charge in [-0.1, -0.05) is 0 Å². The Bertz CT molecular complexity index is 702. The molecular formula is C15H18F3N5O. The monoisotopic (exact) mass is 341 g/mol. The van der Waals surface area contributed by atoms with Crippen LogP contribution in [0.15, 0.2) is 24.7 Å². The number of aryl methyl sites for hydroxylation is 1. The first-order valence-corrected chi connectivity index (χ1v) is 7.64. The van der Waals surface area contributed by atoms with Gasteiger partial charge < -0.3 is 15.0 Å². The molecule has 0 unspecified atom stereocenters. The number of aliphatic hydroxyl groups excluding tert-OH is 1. The van der Waals surface area contributed by atoms with Crippen molar-refractivity contribution in [2.75, 3.05) is 11.9 Å². The molecule has 6 nitrogen and oxygen atoms in total. The lowest BCUT2D eigenvalue weighted by atomic mass is 10.0. The highest BCUT2D eigenvalue weighted by Crippen LogP contribution is 2.38. The molecule has 0 radical (unpaired) electrons. The van der Waals surface area contributed by atoms with Crippen LogP contribution in [0.2, 0.25) is 0 Å². The van der Waals surface area contributed by atoms with Gasteiger partial charge >= 0.3 is 6.18 Å². The van der Waals surface area contributed by atoms with E-state index >= 15 is 0 Å². The number of hydrogen-bond acceptors (Lipinski definition) is 5. The van der Waals surface area contributed by atoms with Crippen LogP contribution in [-0.4, -0.2) is 37.5 Å². The second-order valence-corrected chi connectivity index (χ2v) is 6.07. The molecule has 2 heterocycles. The van der Waals surface area contributed by atoms with E-state index in [1.54, 1.807) is 10.9 Å². The lowest BCUT2D eigenvalue weighted by Crippen LogP contribution is -2.23. The SMILES string of the molecule is Cn1cnnc1[C@H]1C[C@H](CNc2ncccc2C(F)(F)F)[C@H](O)C1. The first-order chi connectivity index (χ1) is 11.4. The van der Waals surface area contributed by atoms with E-state index in [-0.39, 0.29) is 24.2 Å². The second kappa shape index (κ2) is 6.39. The first-order valence-electron chi connectivity index (χ1n) is 7.64. The smallest absolute Gasteiger partial charge is 0.393 e. The Kier molecular flexibility index (Phi) is 4.44. The van der Waals surface area contributed by atoms with Crippen molar-refractivity contribution in [1.82, 2.24) is 19.7 Å². The molecule has 3 atom stereocenters. The number of nitrogens with one attached hydrogen (secondary N) is 1. The molecule has 0 saturated heterocycles. The van der Waals surface area contributed by atoms with E-state index in [0.29, 0.717) is 12.8 Å². The highest BCUT2D eigenvalue weighted by Gasteiger charge is 2.37. The van der Waals surface area contributed by atoms with Gasteiger partial charge in [-0.3, -0.25) is 0 Å².